The van der Waals surface area contributed by atoms with Crippen LogP contribution in [0, 0.1) is 5.82 Å². The van der Waals surface area contributed by atoms with E-state index >= 15 is 0 Å². The number of aromatic nitrogens is 2. The third kappa shape index (κ3) is 1.59. The second-order valence-corrected chi connectivity index (χ2v) is 3.63. The minimum atomic E-state index is -0.831. The van der Waals surface area contributed by atoms with E-state index in [4.69, 9.17) is 11.6 Å². The van der Waals surface area contributed by atoms with Crippen LogP contribution in [0.5, 0.6) is 0 Å². The van der Waals surface area contributed by atoms with Crippen molar-refractivity contribution < 1.29 is 9.18 Å². The zero-order chi connectivity index (χ0) is 11.9. The number of halogens is 2. The van der Waals surface area contributed by atoms with Gasteiger partial charge in [0.2, 0.25) is 0 Å². The highest BCUT2D eigenvalue weighted by molar-refractivity contribution is 6.31. The van der Waals surface area contributed by atoms with Crippen molar-refractivity contribution in [1.29, 1.82) is 0 Å². The molecule has 1 aromatic carbocycles. The molecule has 6 heteroatoms. The lowest BCUT2D eigenvalue weighted by atomic mass is 10.2. The molecule has 2 rings (SSSR count). The molecule has 16 heavy (non-hydrogen) atoms. The smallest absolute Gasteiger partial charge is 0.262 e. The van der Waals surface area contributed by atoms with E-state index in [9.17, 15) is 14.0 Å². The van der Waals surface area contributed by atoms with Crippen LogP contribution in [-0.4, -0.2) is 15.8 Å². The Morgan fingerprint density at radius 3 is 2.81 bits per heavy atom. The molecular formula is C10H6ClFN2O2. The van der Waals surface area contributed by atoms with Gasteiger partial charge < -0.3 is 4.98 Å². The summed E-state index contributed by atoms with van der Waals surface area (Å²) in [4.78, 5) is 28.6. The SMILES string of the molecule is CC(=O)c1nc2ccc(Cl)c(F)c2c(=O)[nH]1. The Balaban J connectivity index is 2.92. The molecule has 1 aromatic heterocycles. The van der Waals surface area contributed by atoms with Gasteiger partial charge in [-0.2, -0.15) is 0 Å². The van der Waals surface area contributed by atoms with Crippen LogP contribution in [0.15, 0.2) is 16.9 Å². The first kappa shape index (κ1) is 10.8. The average Bonchev–Trinajstić information content (AvgIpc) is 2.22. The van der Waals surface area contributed by atoms with Gasteiger partial charge in [-0.3, -0.25) is 9.59 Å². The molecule has 0 saturated heterocycles. The molecule has 1 heterocycles. The minimum absolute atomic E-state index is 0.0979. The third-order valence-electron chi connectivity index (χ3n) is 2.10. The predicted octanol–water partition coefficient (Wildman–Crippen LogP) is 1.92. The molecule has 1 N–H and O–H groups in total. The van der Waals surface area contributed by atoms with Crippen LogP contribution < -0.4 is 5.56 Å². The van der Waals surface area contributed by atoms with Gasteiger partial charge in [0.1, 0.15) is 5.39 Å². The van der Waals surface area contributed by atoms with Gasteiger partial charge >= 0.3 is 0 Å². The van der Waals surface area contributed by atoms with Gasteiger partial charge in [-0.1, -0.05) is 11.6 Å². The summed E-state index contributed by atoms with van der Waals surface area (Å²) in [6, 6.07) is 2.68. The van der Waals surface area contributed by atoms with Crippen molar-refractivity contribution in [1.82, 2.24) is 9.97 Å². The largest absolute Gasteiger partial charge is 0.303 e. The van der Waals surface area contributed by atoms with Gasteiger partial charge in [0.05, 0.1) is 10.5 Å². The molecule has 0 atom stereocenters. The first-order chi connectivity index (χ1) is 7.50. The maximum Gasteiger partial charge on any atom is 0.262 e. The van der Waals surface area contributed by atoms with Crippen LogP contribution in [-0.2, 0) is 0 Å². The normalized spacial score (nSPS) is 10.7. The number of carbonyl (C=O) groups excluding carboxylic acids is 1. The van der Waals surface area contributed by atoms with E-state index in [1.54, 1.807) is 0 Å². The highest BCUT2D eigenvalue weighted by atomic mass is 35.5. The van der Waals surface area contributed by atoms with E-state index in [0.717, 1.165) is 0 Å². The van der Waals surface area contributed by atoms with E-state index in [1.165, 1.54) is 19.1 Å². The van der Waals surface area contributed by atoms with E-state index in [-0.39, 0.29) is 21.7 Å². The van der Waals surface area contributed by atoms with E-state index in [1.807, 2.05) is 0 Å². The summed E-state index contributed by atoms with van der Waals surface area (Å²) < 4.78 is 13.5. The van der Waals surface area contributed by atoms with Crippen molar-refractivity contribution in [2.45, 2.75) is 6.92 Å². The monoisotopic (exact) mass is 240 g/mol. The number of fused-ring (bicyclic) bond motifs is 1. The Kier molecular flexibility index (Phi) is 2.47. The van der Waals surface area contributed by atoms with Gasteiger partial charge in [-0.15, -0.1) is 0 Å². The highest BCUT2D eigenvalue weighted by Gasteiger charge is 2.13. The van der Waals surface area contributed by atoms with E-state index in [2.05, 4.69) is 9.97 Å². The molecule has 0 spiro atoms. The lowest BCUT2D eigenvalue weighted by Crippen LogP contribution is -2.15. The first-order valence-electron chi connectivity index (χ1n) is 4.39. The summed E-state index contributed by atoms with van der Waals surface area (Å²) in [5.41, 5.74) is -0.606. The number of ketones is 1. The Morgan fingerprint density at radius 2 is 2.19 bits per heavy atom. The van der Waals surface area contributed by atoms with E-state index in [0.29, 0.717) is 0 Å². The molecular weight excluding hydrogens is 235 g/mol. The molecule has 0 aliphatic rings. The third-order valence-corrected chi connectivity index (χ3v) is 2.39. The van der Waals surface area contributed by atoms with Crippen molar-refractivity contribution in [2.75, 3.05) is 0 Å². The molecule has 82 valence electrons. The Bertz CT molecular complexity index is 651. The Morgan fingerprint density at radius 1 is 1.50 bits per heavy atom. The number of rotatable bonds is 1. The summed E-state index contributed by atoms with van der Waals surface area (Å²) in [6.07, 6.45) is 0. The van der Waals surface area contributed by atoms with Crippen LogP contribution >= 0.6 is 11.6 Å². The van der Waals surface area contributed by atoms with Crippen molar-refractivity contribution >= 4 is 28.3 Å². The lowest BCUT2D eigenvalue weighted by Gasteiger charge is -2.01. The maximum absolute atomic E-state index is 13.5. The first-order valence-corrected chi connectivity index (χ1v) is 4.77. The van der Waals surface area contributed by atoms with Crippen LogP contribution in [0.2, 0.25) is 5.02 Å². The number of benzene rings is 1. The molecule has 0 amide bonds. The fraction of sp³-hybridized carbons (Fsp3) is 0.100. The van der Waals surface area contributed by atoms with Crippen molar-refractivity contribution in [2.24, 2.45) is 0 Å². The number of Topliss-reactive ketones (excluding diaryl/α,β-unsaturated/α-hetero) is 1. The molecule has 0 radical (unpaired) electrons. The van der Waals surface area contributed by atoms with Crippen molar-refractivity contribution in [3.63, 3.8) is 0 Å². The Hall–Kier alpha value is -1.75. The number of nitrogens with one attached hydrogen (secondary N) is 1. The summed E-state index contributed by atoms with van der Waals surface area (Å²) in [6.45, 7) is 1.26. The molecule has 0 unspecified atom stereocenters. The predicted molar refractivity (Wildman–Crippen MR) is 57.3 cm³/mol. The quantitative estimate of drug-likeness (QED) is 0.775. The van der Waals surface area contributed by atoms with Crippen LogP contribution in [0.3, 0.4) is 0 Å². The molecule has 4 nitrogen and oxygen atoms in total. The Labute approximate surface area is 94.1 Å². The van der Waals surface area contributed by atoms with Gasteiger partial charge in [0.25, 0.3) is 5.56 Å². The highest BCUT2D eigenvalue weighted by Crippen LogP contribution is 2.20. The van der Waals surface area contributed by atoms with Crippen molar-refractivity contribution in [3.8, 4) is 0 Å². The zero-order valence-electron chi connectivity index (χ0n) is 8.17. The second kappa shape index (κ2) is 3.68. The van der Waals surface area contributed by atoms with E-state index < -0.39 is 17.2 Å². The number of hydrogen-bond donors (Lipinski definition) is 1. The van der Waals surface area contributed by atoms with Crippen LogP contribution in [0.25, 0.3) is 10.9 Å². The van der Waals surface area contributed by atoms with Gasteiger partial charge in [0.15, 0.2) is 17.4 Å². The molecule has 0 fully saturated rings. The number of H-pyrrole nitrogens is 1. The number of hydrogen-bond acceptors (Lipinski definition) is 3. The molecule has 0 bridgehead atoms. The molecule has 0 saturated carbocycles. The number of nitrogens with zero attached hydrogens (tertiary/aromatic N) is 1. The summed E-state index contributed by atoms with van der Waals surface area (Å²) in [5, 5.41) is -0.395. The van der Waals surface area contributed by atoms with Crippen molar-refractivity contribution in [3.05, 3.63) is 39.2 Å². The standard InChI is InChI=1S/C10H6ClFN2O2/c1-4(15)9-13-6-3-2-5(11)8(12)7(6)10(16)14-9/h2-3H,1H3,(H,13,14,16). The average molecular weight is 241 g/mol. The topological polar surface area (TPSA) is 62.8 Å². The van der Waals surface area contributed by atoms with Gasteiger partial charge in [-0.25, -0.2) is 9.37 Å². The van der Waals surface area contributed by atoms with Gasteiger partial charge in [0, 0.05) is 6.92 Å². The fourth-order valence-corrected chi connectivity index (χ4v) is 1.49. The molecule has 0 aliphatic heterocycles. The van der Waals surface area contributed by atoms with Gasteiger partial charge in [-0.05, 0) is 12.1 Å². The molecule has 0 aliphatic carbocycles. The minimum Gasteiger partial charge on any atom is -0.303 e. The van der Waals surface area contributed by atoms with Crippen LogP contribution in [0.4, 0.5) is 4.39 Å². The van der Waals surface area contributed by atoms with Crippen LogP contribution in [0.1, 0.15) is 17.5 Å². The number of aromatic amines is 1. The molecule has 2 aromatic rings. The second-order valence-electron chi connectivity index (χ2n) is 3.23. The summed E-state index contributed by atoms with van der Waals surface area (Å²) in [5.74, 6) is -1.32. The lowest BCUT2D eigenvalue weighted by molar-refractivity contribution is 0.100. The maximum atomic E-state index is 13.5. The fourth-order valence-electron chi connectivity index (χ4n) is 1.33. The summed E-state index contributed by atoms with van der Waals surface area (Å²) >= 11 is 5.54. The zero-order valence-corrected chi connectivity index (χ0v) is 8.93. The number of carbonyl (C=O) groups is 1. The summed E-state index contributed by atoms with van der Waals surface area (Å²) in [7, 11) is 0.